The number of hydrogen-bond acceptors (Lipinski definition) is 4. The Morgan fingerprint density at radius 1 is 0.850 bits per heavy atom. The zero-order valence-electron chi connectivity index (χ0n) is 11.7. The molecule has 4 rings (SSSR count). The third kappa shape index (κ3) is 3.51. The van der Waals surface area contributed by atoms with E-state index < -0.39 is 0 Å². The first-order valence-corrected chi connectivity index (χ1v) is 7.55. The van der Waals surface area contributed by atoms with Crippen LogP contribution in [0.25, 0.3) is 0 Å². The van der Waals surface area contributed by atoms with Crippen molar-refractivity contribution in [2.75, 3.05) is 37.8 Å². The van der Waals surface area contributed by atoms with Crippen LogP contribution in [-0.2, 0) is 20.6 Å². The SMILES string of the molecule is c1cc(N(CC2CO2)CC2CO2)ccc1CCC1CO1. The molecule has 3 aliphatic heterocycles. The first-order chi connectivity index (χ1) is 9.87. The van der Waals surface area contributed by atoms with E-state index in [1.54, 1.807) is 0 Å². The van der Waals surface area contributed by atoms with Crippen molar-refractivity contribution in [3.05, 3.63) is 29.8 Å². The van der Waals surface area contributed by atoms with Crippen molar-refractivity contribution in [2.24, 2.45) is 0 Å². The van der Waals surface area contributed by atoms with Crippen LogP contribution in [0, 0.1) is 0 Å². The average Bonchev–Trinajstić information content (AvgIpc) is 3.32. The van der Waals surface area contributed by atoms with Crippen LogP contribution in [0.2, 0.25) is 0 Å². The largest absolute Gasteiger partial charge is 0.373 e. The van der Waals surface area contributed by atoms with Gasteiger partial charge in [0.25, 0.3) is 0 Å². The van der Waals surface area contributed by atoms with Crippen LogP contribution < -0.4 is 4.90 Å². The van der Waals surface area contributed by atoms with Crippen LogP contribution in [0.15, 0.2) is 24.3 Å². The molecule has 20 heavy (non-hydrogen) atoms. The fraction of sp³-hybridized carbons (Fsp3) is 0.625. The number of benzene rings is 1. The van der Waals surface area contributed by atoms with E-state index in [9.17, 15) is 0 Å². The predicted molar refractivity (Wildman–Crippen MR) is 76.2 cm³/mol. The van der Waals surface area contributed by atoms with E-state index >= 15 is 0 Å². The maximum atomic E-state index is 5.36. The molecule has 0 saturated carbocycles. The Morgan fingerprint density at radius 3 is 1.90 bits per heavy atom. The molecule has 3 aliphatic rings. The highest BCUT2D eigenvalue weighted by Gasteiger charge is 2.30. The molecule has 0 spiro atoms. The lowest BCUT2D eigenvalue weighted by Gasteiger charge is -2.23. The lowest BCUT2D eigenvalue weighted by Crippen LogP contribution is -2.31. The first kappa shape index (κ1) is 12.6. The fourth-order valence-electron chi connectivity index (χ4n) is 2.56. The molecule has 4 nitrogen and oxygen atoms in total. The fourth-order valence-corrected chi connectivity index (χ4v) is 2.56. The van der Waals surface area contributed by atoms with Crippen molar-refractivity contribution in [3.8, 4) is 0 Å². The molecular formula is C16H21NO3. The molecule has 1 aromatic carbocycles. The Bertz CT molecular complexity index is 435. The average molecular weight is 275 g/mol. The van der Waals surface area contributed by atoms with Gasteiger partial charge in [-0.1, -0.05) is 12.1 Å². The second-order valence-corrected chi connectivity index (χ2v) is 5.98. The number of rotatable bonds is 8. The second kappa shape index (κ2) is 5.35. The summed E-state index contributed by atoms with van der Waals surface area (Å²) in [5.41, 5.74) is 2.68. The van der Waals surface area contributed by atoms with Gasteiger partial charge in [-0.15, -0.1) is 0 Å². The van der Waals surface area contributed by atoms with Crippen molar-refractivity contribution in [2.45, 2.75) is 31.2 Å². The highest BCUT2D eigenvalue weighted by molar-refractivity contribution is 5.48. The maximum absolute atomic E-state index is 5.36. The number of hydrogen-bond donors (Lipinski definition) is 0. The van der Waals surface area contributed by atoms with E-state index in [4.69, 9.17) is 14.2 Å². The second-order valence-electron chi connectivity index (χ2n) is 5.98. The molecule has 3 unspecified atom stereocenters. The zero-order chi connectivity index (χ0) is 13.4. The van der Waals surface area contributed by atoms with Crippen LogP contribution >= 0.6 is 0 Å². The summed E-state index contributed by atoms with van der Waals surface area (Å²) < 4.78 is 16.0. The summed E-state index contributed by atoms with van der Waals surface area (Å²) in [4.78, 5) is 2.39. The summed E-state index contributed by atoms with van der Waals surface area (Å²) in [7, 11) is 0. The summed E-state index contributed by atoms with van der Waals surface area (Å²) in [6, 6.07) is 8.94. The van der Waals surface area contributed by atoms with Gasteiger partial charge in [0.1, 0.15) is 0 Å². The Hall–Kier alpha value is -1.10. The van der Waals surface area contributed by atoms with Crippen LogP contribution in [0.1, 0.15) is 12.0 Å². The summed E-state index contributed by atoms with van der Waals surface area (Å²) in [5, 5.41) is 0. The van der Waals surface area contributed by atoms with E-state index in [0.717, 1.165) is 45.8 Å². The topological polar surface area (TPSA) is 40.8 Å². The highest BCUT2D eigenvalue weighted by Crippen LogP contribution is 2.24. The molecular weight excluding hydrogens is 254 g/mol. The molecule has 1 aromatic rings. The third-order valence-corrected chi connectivity index (χ3v) is 4.11. The summed E-state index contributed by atoms with van der Waals surface area (Å²) >= 11 is 0. The standard InChI is InChI=1S/C16H21NO3/c1-4-13(5-2-12(1)3-6-14-9-18-14)17(7-15-10-19-15)8-16-11-20-16/h1-2,4-5,14-16H,3,6-11H2. The maximum Gasteiger partial charge on any atom is 0.0984 e. The lowest BCUT2D eigenvalue weighted by atomic mass is 10.1. The van der Waals surface area contributed by atoms with Crippen molar-refractivity contribution in [1.29, 1.82) is 0 Å². The highest BCUT2D eigenvalue weighted by atomic mass is 16.6. The Balaban J connectivity index is 1.38. The Morgan fingerprint density at radius 2 is 1.40 bits per heavy atom. The normalized spacial score (nSPS) is 30.1. The van der Waals surface area contributed by atoms with Gasteiger partial charge in [0.05, 0.1) is 38.1 Å². The minimum Gasteiger partial charge on any atom is -0.373 e. The third-order valence-electron chi connectivity index (χ3n) is 4.11. The Labute approximate surface area is 119 Å². The van der Waals surface area contributed by atoms with Crippen LogP contribution in [0.3, 0.4) is 0 Å². The number of ether oxygens (including phenoxy) is 3. The van der Waals surface area contributed by atoms with Crippen molar-refractivity contribution >= 4 is 5.69 Å². The van der Waals surface area contributed by atoms with Crippen molar-refractivity contribution < 1.29 is 14.2 Å². The molecule has 0 radical (unpaired) electrons. The molecule has 3 heterocycles. The van der Waals surface area contributed by atoms with E-state index in [-0.39, 0.29) is 0 Å². The van der Waals surface area contributed by atoms with Gasteiger partial charge in [-0.2, -0.15) is 0 Å². The van der Waals surface area contributed by atoms with Crippen LogP contribution in [0.4, 0.5) is 5.69 Å². The van der Waals surface area contributed by atoms with Gasteiger partial charge in [0.15, 0.2) is 0 Å². The minimum absolute atomic E-state index is 0.417. The molecule has 0 aliphatic carbocycles. The van der Waals surface area contributed by atoms with Gasteiger partial charge in [-0.05, 0) is 30.5 Å². The van der Waals surface area contributed by atoms with Gasteiger partial charge >= 0.3 is 0 Å². The molecule has 0 amide bonds. The number of aryl methyl sites for hydroxylation is 1. The zero-order valence-corrected chi connectivity index (χ0v) is 11.7. The summed E-state index contributed by atoms with van der Waals surface area (Å²) in [6.45, 7) is 4.72. The molecule has 3 atom stereocenters. The monoisotopic (exact) mass is 275 g/mol. The minimum atomic E-state index is 0.417. The summed E-state index contributed by atoms with van der Waals surface area (Å²) in [6.07, 6.45) is 3.61. The molecule has 4 heteroatoms. The van der Waals surface area contributed by atoms with Gasteiger partial charge in [0.2, 0.25) is 0 Å². The molecule has 0 N–H and O–H groups in total. The number of anilines is 1. The van der Waals surface area contributed by atoms with Gasteiger partial charge in [-0.25, -0.2) is 0 Å². The van der Waals surface area contributed by atoms with Gasteiger partial charge < -0.3 is 19.1 Å². The van der Waals surface area contributed by atoms with E-state index in [2.05, 4.69) is 29.2 Å². The number of epoxide rings is 3. The Kier molecular flexibility index (Phi) is 3.38. The number of nitrogens with zero attached hydrogens (tertiary/aromatic N) is 1. The van der Waals surface area contributed by atoms with Crippen LogP contribution in [-0.4, -0.2) is 51.2 Å². The molecule has 3 saturated heterocycles. The molecule has 0 bridgehead atoms. The van der Waals surface area contributed by atoms with Crippen LogP contribution in [0.5, 0.6) is 0 Å². The van der Waals surface area contributed by atoms with E-state index in [0.29, 0.717) is 18.3 Å². The van der Waals surface area contributed by atoms with Gasteiger partial charge in [0, 0.05) is 18.8 Å². The van der Waals surface area contributed by atoms with Gasteiger partial charge in [-0.3, -0.25) is 0 Å². The van der Waals surface area contributed by atoms with Crippen molar-refractivity contribution in [3.63, 3.8) is 0 Å². The smallest absolute Gasteiger partial charge is 0.0984 e. The summed E-state index contributed by atoms with van der Waals surface area (Å²) in [5.74, 6) is 0. The predicted octanol–water partition coefficient (Wildman–Crippen LogP) is 1.62. The van der Waals surface area contributed by atoms with E-state index in [1.807, 2.05) is 0 Å². The molecule has 108 valence electrons. The molecule has 3 fully saturated rings. The molecule has 0 aromatic heterocycles. The van der Waals surface area contributed by atoms with E-state index in [1.165, 1.54) is 11.3 Å². The quantitative estimate of drug-likeness (QED) is 0.676. The lowest BCUT2D eigenvalue weighted by molar-refractivity contribution is 0.389. The first-order valence-electron chi connectivity index (χ1n) is 7.55. The van der Waals surface area contributed by atoms with Crippen molar-refractivity contribution in [1.82, 2.24) is 0 Å².